The molecule has 0 amide bonds. The van der Waals surface area contributed by atoms with E-state index >= 15 is 0 Å². The first-order chi connectivity index (χ1) is 8.60. The van der Waals surface area contributed by atoms with E-state index < -0.39 is 0 Å². The lowest BCUT2D eigenvalue weighted by Crippen LogP contribution is -2.03. The Morgan fingerprint density at radius 2 is 1.94 bits per heavy atom. The van der Waals surface area contributed by atoms with Gasteiger partial charge in [-0.25, -0.2) is 0 Å². The van der Waals surface area contributed by atoms with Gasteiger partial charge < -0.3 is 4.74 Å². The van der Waals surface area contributed by atoms with Crippen LogP contribution in [0.4, 0.5) is 0 Å². The summed E-state index contributed by atoms with van der Waals surface area (Å²) in [6, 6.07) is 4.34. The van der Waals surface area contributed by atoms with Gasteiger partial charge >= 0.3 is 0 Å². The summed E-state index contributed by atoms with van der Waals surface area (Å²) in [5.41, 5.74) is 4.09. The third kappa shape index (κ3) is 3.90. The van der Waals surface area contributed by atoms with E-state index in [0.717, 1.165) is 25.2 Å². The Labute approximate surface area is 112 Å². The van der Waals surface area contributed by atoms with Gasteiger partial charge in [0.1, 0.15) is 5.75 Å². The van der Waals surface area contributed by atoms with Crippen LogP contribution in [0.5, 0.6) is 5.75 Å². The van der Waals surface area contributed by atoms with Crippen LogP contribution in [0.1, 0.15) is 43.9 Å². The van der Waals surface area contributed by atoms with E-state index in [4.69, 9.17) is 4.74 Å². The van der Waals surface area contributed by atoms with E-state index in [9.17, 15) is 0 Å². The topological polar surface area (TPSA) is 9.23 Å². The lowest BCUT2D eigenvalue weighted by Gasteiger charge is -2.15. The fourth-order valence-corrected chi connectivity index (χ4v) is 2.18. The monoisotopic (exact) mass is 246 g/mol. The van der Waals surface area contributed by atoms with Gasteiger partial charge in [-0.1, -0.05) is 32.1 Å². The molecule has 1 unspecified atom stereocenters. The molecule has 0 fully saturated rings. The Balaban J connectivity index is 2.86. The number of rotatable bonds is 6. The second kappa shape index (κ2) is 7.25. The maximum Gasteiger partial charge on any atom is 0.122 e. The third-order valence-corrected chi connectivity index (χ3v) is 3.37. The lowest BCUT2D eigenvalue weighted by atomic mass is 9.94. The van der Waals surface area contributed by atoms with Crippen LogP contribution in [-0.4, -0.2) is 6.61 Å². The Morgan fingerprint density at radius 1 is 1.22 bits per heavy atom. The Morgan fingerprint density at radius 3 is 2.56 bits per heavy atom. The number of benzene rings is 1. The molecule has 100 valence electrons. The summed E-state index contributed by atoms with van der Waals surface area (Å²) in [6.45, 7) is 11.6. The van der Waals surface area contributed by atoms with E-state index in [-0.39, 0.29) is 0 Å². The van der Waals surface area contributed by atoms with Crippen LogP contribution in [0.15, 0.2) is 24.3 Å². The number of ether oxygens (including phenoxy) is 1. The van der Waals surface area contributed by atoms with Crippen molar-refractivity contribution < 1.29 is 4.74 Å². The van der Waals surface area contributed by atoms with Gasteiger partial charge in [-0.2, -0.15) is 0 Å². The zero-order chi connectivity index (χ0) is 13.5. The molecule has 0 saturated carbocycles. The number of hydrogen-bond donors (Lipinski definition) is 0. The summed E-state index contributed by atoms with van der Waals surface area (Å²) < 4.78 is 5.76. The van der Waals surface area contributed by atoms with Gasteiger partial charge in [0.15, 0.2) is 0 Å². The number of hydrogen-bond acceptors (Lipinski definition) is 1. The molecular formula is C17H26O. The van der Waals surface area contributed by atoms with Crippen molar-refractivity contribution in [1.29, 1.82) is 0 Å². The van der Waals surface area contributed by atoms with Gasteiger partial charge in [-0.05, 0) is 62.3 Å². The number of allylic oxidation sites excluding steroid dienone is 2. The molecule has 1 aromatic carbocycles. The minimum Gasteiger partial charge on any atom is -0.493 e. The van der Waals surface area contributed by atoms with Crippen molar-refractivity contribution in [3.8, 4) is 5.75 Å². The average Bonchev–Trinajstić information content (AvgIpc) is 2.34. The predicted octanol–water partition coefficient (Wildman–Crippen LogP) is 4.85. The minimum atomic E-state index is 0.593. The quantitative estimate of drug-likeness (QED) is 0.652. The van der Waals surface area contributed by atoms with Crippen molar-refractivity contribution in [1.82, 2.24) is 0 Å². The summed E-state index contributed by atoms with van der Waals surface area (Å²) in [6.07, 6.45) is 6.55. The zero-order valence-corrected chi connectivity index (χ0v) is 12.4. The van der Waals surface area contributed by atoms with Crippen molar-refractivity contribution in [3.05, 3.63) is 41.0 Å². The molecule has 0 radical (unpaired) electrons. The Kier molecular flexibility index (Phi) is 5.97. The maximum absolute atomic E-state index is 5.76. The molecule has 0 aliphatic carbocycles. The molecule has 1 rings (SSSR count). The molecule has 0 saturated heterocycles. The molecule has 0 bridgehead atoms. The second-order valence-corrected chi connectivity index (χ2v) is 5.03. The summed E-state index contributed by atoms with van der Waals surface area (Å²) in [5, 5.41) is 0. The standard InChI is InChI=1S/C17H26O/c1-6-8-13(3)12-16-9-10-17(18-11-7-2)15(5)14(16)4/h6,8-10,13H,7,11-12H2,1-5H3/b8-6-. The van der Waals surface area contributed by atoms with Crippen molar-refractivity contribution in [2.45, 2.75) is 47.5 Å². The first-order valence-corrected chi connectivity index (χ1v) is 6.94. The van der Waals surface area contributed by atoms with Gasteiger partial charge in [-0.3, -0.25) is 0 Å². The minimum absolute atomic E-state index is 0.593. The summed E-state index contributed by atoms with van der Waals surface area (Å²) in [5.74, 6) is 1.63. The first kappa shape index (κ1) is 14.8. The molecule has 0 aliphatic rings. The highest BCUT2D eigenvalue weighted by Gasteiger charge is 2.09. The van der Waals surface area contributed by atoms with Gasteiger partial charge in [0.05, 0.1) is 6.61 Å². The van der Waals surface area contributed by atoms with Gasteiger partial charge in [-0.15, -0.1) is 0 Å². The fraction of sp³-hybridized carbons (Fsp3) is 0.529. The normalized spacial score (nSPS) is 12.9. The van der Waals surface area contributed by atoms with Gasteiger partial charge in [0, 0.05) is 0 Å². The summed E-state index contributed by atoms with van der Waals surface area (Å²) >= 11 is 0. The molecular weight excluding hydrogens is 220 g/mol. The van der Waals surface area contributed by atoms with Crippen molar-refractivity contribution in [2.75, 3.05) is 6.61 Å². The molecule has 1 aromatic rings. The van der Waals surface area contributed by atoms with Crippen LogP contribution in [0.3, 0.4) is 0 Å². The molecule has 0 N–H and O–H groups in total. The second-order valence-electron chi connectivity index (χ2n) is 5.03. The fourth-order valence-electron chi connectivity index (χ4n) is 2.18. The highest BCUT2D eigenvalue weighted by atomic mass is 16.5. The summed E-state index contributed by atoms with van der Waals surface area (Å²) in [7, 11) is 0. The van der Waals surface area contributed by atoms with E-state index in [1.807, 2.05) is 0 Å². The predicted molar refractivity (Wildman–Crippen MR) is 79.4 cm³/mol. The smallest absolute Gasteiger partial charge is 0.122 e. The molecule has 0 heterocycles. The molecule has 0 spiro atoms. The van der Waals surface area contributed by atoms with E-state index in [1.54, 1.807) is 0 Å². The zero-order valence-electron chi connectivity index (χ0n) is 12.4. The van der Waals surface area contributed by atoms with Crippen LogP contribution >= 0.6 is 0 Å². The van der Waals surface area contributed by atoms with E-state index in [2.05, 4.69) is 58.9 Å². The van der Waals surface area contributed by atoms with Crippen molar-refractivity contribution in [2.24, 2.45) is 5.92 Å². The van der Waals surface area contributed by atoms with Crippen LogP contribution in [0, 0.1) is 19.8 Å². The maximum atomic E-state index is 5.76. The van der Waals surface area contributed by atoms with Crippen molar-refractivity contribution >= 4 is 0 Å². The van der Waals surface area contributed by atoms with E-state index in [1.165, 1.54) is 16.7 Å². The van der Waals surface area contributed by atoms with Crippen molar-refractivity contribution in [3.63, 3.8) is 0 Å². The highest BCUT2D eigenvalue weighted by Crippen LogP contribution is 2.26. The lowest BCUT2D eigenvalue weighted by molar-refractivity contribution is 0.315. The van der Waals surface area contributed by atoms with E-state index in [0.29, 0.717) is 5.92 Å². The van der Waals surface area contributed by atoms with Crippen LogP contribution in [0.25, 0.3) is 0 Å². The Hall–Kier alpha value is -1.24. The molecule has 18 heavy (non-hydrogen) atoms. The molecule has 0 aromatic heterocycles. The van der Waals surface area contributed by atoms with Gasteiger partial charge in [0.25, 0.3) is 0 Å². The summed E-state index contributed by atoms with van der Waals surface area (Å²) in [4.78, 5) is 0. The largest absolute Gasteiger partial charge is 0.493 e. The molecule has 1 nitrogen and oxygen atoms in total. The Bertz CT molecular complexity index is 404. The first-order valence-electron chi connectivity index (χ1n) is 6.94. The molecule has 1 heteroatoms. The average molecular weight is 246 g/mol. The third-order valence-electron chi connectivity index (χ3n) is 3.37. The van der Waals surface area contributed by atoms with Crippen LogP contribution < -0.4 is 4.74 Å². The SMILES string of the molecule is C/C=C\C(C)Cc1ccc(OCCC)c(C)c1C. The van der Waals surface area contributed by atoms with Crippen LogP contribution in [0.2, 0.25) is 0 Å². The van der Waals surface area contributed by atoms with Crippen LogP contribution in [-0.2, 0) is 6.42 Å². The van der Waals surface area contributed by atoms with Gasteiger partial charge in [0.2, 0.25) is 0 Å². The highest BCUT2D eigenvalue weighted by molar-refractivity contribution is 5.43. The molecule has 0 aliphatic heterocycles. The molecule has 1 atom stereocenters.